The van der Waals surface area contributed by atoms with Crippen molar-refractivity contribution in [3.8, 4) is 11.3 Å². The number of nitrogens with one attached hydrogen (secondary N) is 1. The molecule has 0 spiro atoms. The zero-order valence-corrected chi connectivity index (χ0v) is 16.0. The molecule has 5 heteroatoms. The molecule has 1 N–H and O–H groups in total. The van der Waals surface area contributed by atoms with Crippen molar-refractivity contribution in [2.24, 2.45) is 0 Å². The summed E-state index contributed by atoms with van der Waals surface area (Å²) in [6, 6.07) is 18.1. The largest absolute Gasteiger partial charge is 0.326 e. The van der Waals surface area contributed by atoms with Crippen LogP contribution in [0.15, 0.2) is 66.2 Å². The van der Waals surface area contributed by atoms with Gasteiger partial charge in [-0.3, -0.25) is 9.20 Å². The van der Waals surface area contributed by atoms with E-state index in [1.807, 2.05) is 42.5 Å². The molecule has 0 saturated heterocycles. The molecule has 2 aromatic carbocycles. The van der Waals surface area contributed by atoms with Crippen LogP contribution < -0.4 is 5.32 Å². The molecule has 0 bridgehead atoms. The van der Waals surface area contributed by atoms with Crippen molar-refractivity contribution in [3.05, 3.63) is 77.4 Å². The zero-order chi connectivity index (χ0) is 18.6. The van der Waals surface area contributed by atoms with E-state index in [0.717, 1.165) is 34.7 Å². The van der Waals surface area contributed by atoms with Gasteiger partial charge in [-0.2, -0.15) is 0 Å². The second-order valence-corrected chi connectivity index (χ2v) is 7.46. The van der Waals surface area contributed by atoms with E-state index < -0.39 is 0 Å². The number of carbonyl (C=O) groups excluding carboxylic acids is 1. The summed E-state index contributed by atoms with van der Waals surface area (Å²) in [5, 5.41) is 5.07. The Kier molecular flexibility index (Phi) is 5.03. The summed E-state index contributed by atoms with van der Waals surface area (Å²) in [5.74, 6) is 0.0526. The molecule has 0 unspecified atom stereocenters. The monoisotopic (exact) mass is 375 g/mol. The molecule has 0 fully saturated rings. The van der Waals surface area contributed by atoms with Crippen LogP contribution in [0.3, 0.4) is 0 Å². The number of hydrogen-bond donors (Lipinski definition) is 1. The van der Waals surface area contributed by atoms with Crippen molar-refractivity contribution in [3.63, 3.8) is 0 Å². The minimum atomic E-state index is 0.0526. The van der Waals surface area contributed by atoms with Gasteiger partial charge in [0.2, 0.25) is 5.91 Å². The number of fused-ring (bicyclic) bond motifs is 1. The number of rotatable bonds is 6. The van der Waals surface area contributed by atoms with Crippen LogP contribution in [0.1, 0.15) is 24.1 Å². The third-order valence-electron chi connectivity index (χ3n) is 4.56. The molecule has 2 heterocycles. The summed E-state index contributed by atoms with van der Waals surface area (Å²) >= 11 is 1.64. The Morgan fingerprint density at radius 2 is 1.89 bits per heavy atom. The van der Waals surface area contributed by atoms with Crippen molar-refractivity contribution in [1.82, 2.24) is 9.38 Å². The number of hydrogen-bond acceptors (Lipinski definition) is 3. The van der Waals surface area contributed by atoms with E-state index in [4.69, 9.17) is 0 Å². The van der Waals surface area contributed by atoms with Crippen LogP contribution in [0.4, 0.5) is 5.69 Å². The lowest BCUT2D eigenvalue weighted by Gasteiger charge is -2.06. The highest BCUT2D eigenvalue weighted by molar-refractivity contribution is 7.15. The van der Waals surface area contributed by atoms with Crippen molar-refractivity contribution in [1.29, 1.82) is 0 Å². The average Bonchev–Trinajstić information content (AvgIpc) is 3.25. The number of benzene rings is 2. The number of nitrogens with zero attached hydrogens (tertiary/aromatic N) is 2. The standard InChI is InChI=1S/C22H21N3OS/c1-16-15-27-22-24-20(14-25(16)22)18-10-12-19(13-11-18)23-21(26)9-5-8-17-6-3-2-4-7-17/h2-4,6-7,10-15H,5,8-9H2,1H3,(H,23,26). The Labute approximate surface area is 162 Å². The van der Waals surface area contributed by atoms with Crippen LogP contribution >= 0.6 is 11.3 Å². The molecule has 27 heavy (non-hydrogen) atoms. The zero-order valence-electron chi connectivity index (χ0n) is 15.2. The van der Waals surface area contributed by atoms with Gasteiger partial charge >= 0.3 is 0 Å². The Morgan fingerprint density at radius 3 is 2.63 bits per heavy atom. The summed E-state index contributed by atoms with van der Waals surface area (Å²) < 4.78 is 2.10. The maximum Gasteiger partial charge on any atom is 0.224 e. The van der Waals surface area contributed by atoms with Crippen LogP contribution in [-0.4, -0.2) is 15.3 Å². The van der Waals surface area contributed by atoms with E-state index >= 15 is 0 Å². The summed E-state index contributed by atoms with van der Waals surface area (Å²) in [7, 11) is 0. The molecular formula is C22H21N3OS. The maximum atomic E-state index is 12.2. The lowest BCUT2D eigenvalue weighted by molar-refractivity contribution is -0.116. The minimum absolute atomic E-state index is 0.0526. The summed E-state index contributed by atoms with van der Waals surface area (Å²) in [4.78, 5) is 17.8. The molecule has 4 aromatic rings. The number of imidazole rings is 1. The Hall–Kier alpha value is -2.92. The first-order chi connectivity index (χ1) is 13.2. The van der Waals surface area contributed by atoms with Crippen molar-refractivity contribution in [2.75, 3.05) is 5.32 Å². The molecule has 2 aromatic heterocycles. The fraction of sp³-hybridized carbons (Fsp3) is 0.182. The first kappa shape index (κ1) is 17.5. The first-order valence-corrected chi connectivity index (χ1v) is 9.94. The fourth-order valence-corrected chi connectivity index (χ4v) is 3.93. The molecule has 4 rings (SSSR count). The normalized spacial score (nSPS) is 11.0. The SMILES string of the molecule is Cc1csc2nc(-c3ccc(NC(=O)CCCc4ccccc4)cc3)cn12. The van der Waals surface area contributed by atoms with Crippen LogP contribution in [-0.2, 0) is 11.2 Å². The highest BCUT2D eigenvalue weighted by Crippen LogP contribution is 2.24. The number of aromatic nitrogens is 2. The van der Waals surface area contributed by atoms with Gasteiger partial charge < -0.3 is 5.32 Å². The fourth-order valence-electron chi connectivity index (χ4n) is 3.08. The highest BCUT2D eigenvalue weighted by atomic mass is 32.1. The van der Waals surface area contributed by atoms with Crippen molar-refractivity contribution >= 4 is 27.9 Å². The third kappa shape index (κ3) is 4.09. The minimum Gasteiger partial charge on any atom is -0.326 e. The maximum absolute atomic E-state index is 12.2. The predicted octanol–water partition coefficient (Wildman–Crippen LogP) is 5.33. The molecule has 0 atom stereocenters. The van der Waals surface area contributed by atoms with E-state index in [1.165, 1.54) is 11.3 Å². The summed E-state index contributed by atoms with van der Waals surface area (Å²) in [6.07, 6.45) is 4.34. The van der Waals surface area contributed by atoms with E-state index in [2.05, 4.69) is 45.3 Å². The second kappa shape index (κ2) is 7.76. The van der Waals surface area contributed by atoms with E-state index in [9.17, 15) is 4.79 Å². The van der Waals surface area contributed by atoms with E-state index in [0.29, 0.717) is 6.42 Å². The Balaban J connectivity index is 1.33. The number of anilines is 1. The smallest absolute Gasteiger partial charge is 0.224 e. The average molecular weight is 375 g/mol. The molecular weight excluding hydrogens is 354 g/mol. The van der Waals surface area contributed by atoms with Gasteiger partial charge in [-0.05, 0) is 37.5 Å². The Morgan fingerprint density at radius 1 is 1.11 bits per heavy atom. The van der Waals surface area contributed by atoms with Gasteiger partial charge in [-0.15, -0.1) is 11.3 Å². The number of thiazole rings is 1. The lowest BCUT2D eigenvalue weighted by Crippen LogP contribution is -2.11. The van der Waals surface area contributed by atoms with Gasteiger partial charge in [0.1, 0.15) is 0 Å². The van der Waals surface area contributed by atoms with E-state index in [1.54, 1.807) is 11.3 Å². The van der Waals surface area contributed by atoms with Crippen LogP contribution in [0.5, 0.6) is 0 Å². The highest BCUT2D eigenvalue weighted by Gasteiger charge is 2.08. The topological polar surface area (TPSA) is 46.4 Å². The second-order valence-electron chi connectivity index (χ2n) is 6.62. The van der Waals surface area contributed by atoms with E-state index in [-0.39, 0.29) is 5.91 Å². The molecule has 0 aliphatic carbocycles. The third-order valence-corrected chi connectivity index (χ3v) is 5.52. The van der Waals surface area contributed by atoms with Gasteiger partial charge in [0.25, 0.3) is 0 Å². The molecule has 0 aliphatic rings. The van der Waals surface area contributed by atoms with Gasteiger partial charge in [0, 0.05) is 34.9 Å². The lowest BCUT2D eigenvalue weighted by atomic mass is 10.1. The van der Waals surface area contributed by atoms with Gasteiger partial charge in [0.15, 0.2) is 4.96 Å². The predicted molar refractivity (Wildman–Crippen MR) is 111 cm³/mol. The van der Waals surface area contributed by atoms with Crippen LogP contribution in [0, 0.1) is 6.92 Å². The summed E-state index contributed by atoms with van der Waals surface area (Å²) in [6.45, 7) is 2.07. The Bertz CT molecular complexity index is 1050. The molecule has 0 radical (unpaired) electrons. The molecule has 4 nitrogen and oxygen atoms in total. The van der Waals surface area contributed by atoms with Crippen LogP contribution in [0.25, 0.3) is 16.2 Å². The quantitative estimate of drug-likeness (QED) is 0.495. The summed E-state index contributed by atoms with van der Waals surface area (Å²) in [5.41, 5.74) is 5.27. The first-order valence-electron chi connectivity index (χ1n) is 9.06. The molecule has 136 valence electrons. The van der Waals surface area contributed by atoms with Gasteiger partial charge in [0.05, 0.1) is 5.69 Å². The number of aryl methyl sites for hydroxylation is 2. The number of carbonyl (C=O) groups is 1. The van der Waals surface area contributed by atoms with Gasteiger partial charge in [-0.25, -0.2) is 4.98 Å². The molecule has 0 saturated carbocycles. The van der Waals surface area contributed by atoms with Crippen molar-refractivity contribution < 1.29 is 4.79 Å². The number of amides is 1. The van der Waals surface area contributed by atoms with Crippen LogP contribution in [0.2, 0.25) is 0 Å². The van der Waals surface area contributed by atoms with Crippen molar-refractivity contribution in [2.45, 2.75) is 26.2 Å². The molecule has 1 amide bonds. The van der Waals surface area contributed by atoms with Gasteiger partial charge in [-0.1, -0.05) is 42.5 Å². The molecule has 0 aliphatic heterocycles.